The zero-order valence-corrected chi connectivity index (χ0v) is 16.5. The number of aromatic amines is 1. The Morgan fingerprint density at radius 3 is 2.35 bits per heavy atom. The molecule has 2 amide bonds. The molecular weight excluding hydrogens is 392 g/mol. The molecule has 0 spiro atoms. The first kappa shape index (κ1) is 19.0. The number of hydrogen-bond acceptors (Lipinski definition) is 4. The molecule has 154 valence electrons. The third-order valence-electron chi connectivity index (χ3n) is 5.62. The number of aliphatic hydroxyl groups excluding tert-OH is 1. The molecule has 3 aromatic carbocycles. The molecule has 1 aliphatic carbocycles. The van der Waals surface area contributed by atoms with E-state index < -0.39 is 24.5 Å². The fraction of sp³-hybridized carbons (Fsp3) is 0.125. The van der Waals surface area contributed by atoms with Crippen molar-refractivity contribution in [1.29, 1.82) is 0 Å². The van der Waals surface area contributed by atoms with Crippen LogP contribution in [-0.4, -0.2) is 39.8 Å². The number of hydrogen-bond donors (Lipinski definition) is 4. The quantitative estimate of drug-likeness (QED) is 0.404. The summed E-state index contributed by atoms with van der Waals surface area (Å²) in [5, 5.41) is 23.0. The van der Waals surface area contributed by atoms with Crippen LogP contribution in [-0.2, 0) is 9.59 Å². The van der Waals surface area contributed by atoms with Crippen LogP contribution in [0.4, 0.5) is 5.69 Å². The average molecular weight is 412 g/mol. The second-order valence-electron chi connectivity index (χ2n) is 7.51. The predicted molar refractivity (Wildman–Crippen MR) is 117 cm³/mol. The third-order valence-corrected chi connectivity index (χ3v) is 5.62. The monoisotopic (exact) mass is 412 g/mol. The Hall–Kier alpha value is -3.97. The molecular formula is C24H20N4O3. The molecule has 1 atom stereocenters. The van der Waals surface area contributed by atoms with E-state index in [1.54, 1.807) is 18.3 Å². The van der Waals surface area contributed by atoms with Gasteiger partial charge < -0.3 is 15.7 Å². The number of aromatic nitrogens is 2. The van der Waals surface area contributed by atoms with E-state index in [0.717, 1.165) is 33.2 Å². The summed E-state index contributed by atoms with van der Waals surface area (Å²) in [6.07, 6.45) is 1.69. The zero-order valence-electron chi connectivity index (χ0n) is 16.5. The van der Waals surface area contributed by atoms with Crippen molar-refractivity contribution >= 4 is 28.4 Å². The van der Waals surface area contributed by atoms with E-state index in [1.165, 1.54) is 0 Å². The number of fused-ring (bicyclic) bond motifs is 4. The van der Waals surface area contributed by atoms with Crippen LogP contribution in [0.25, 0.3) is 22.0 Å². The van der Waals surface area contributed by atoms with Crippen LogP contribution in [0.5, 0.6) is 0 Å². The summed E-state index contributed by atoms with van der Waals surface area (Å²) in [7, 11) is 0. The SMILES string of the molecule is O=C(N[C@@H](CO)C(=O)Nc1ccc2cn[nH]c2c1)C1c2ccccc2-c2ccccc21. The van der Waals surface area contributed by atoms with Crippen LogP contribution in [0.3, 0.4) is 0 Å². The number of nitrogens with zero attached hydrogens (tertiary/aromatic N) is 1. The molecule has 7 heteroatoms. The van der Waals surface area contributed by atoms with Gasteiger partial charge in [0.25, 0.3) is 0 Å². The lowest BCUT2D eigenvalue weighted by atomic mass is 9.95. The highest BCUT2D eigenvalue weighted by molar-refractivity contribution is 6.01. The van der Waals surface area contributed by atoms with E-state index in [4.69, 9.17) is 0 Å². The first-order chi connectivity index (χ1) is 15.2. The van der Waals surface area contributed by atoms with Crippen molar-refractivity contribution in [1.82, 2.24) is 15.5 Å². The van der Waals surface area contributed by atoms with E-state index in [2.05, 4.69) is 20.8 Å². The van der Waals surface area contributed by atoms with Crippen LogP contribution < -0.4 is 10.6 Å². The Morgan fingerprint density at radius 2 is 1.68 bits per heavy atom. The smallest absolute Gasteiger partial charge is 0.249 e. The molecule has 5 rings (SSSR count). The molecule has 4 N–H and O–H groups in total. The largest absolute Gasteiger partial charge is 0.394 e. The summed E-state index contributed by atoms with van der Waals surface area (Å²) in [5.74, 6) is -1.35. The lowest BCUT2D eigenvalue weighted by Gasteiger charge is -2.20. The van der Waals surface area contributed by atoms with Gasteiger partial charge in [0.1, 0.15) is 6.04 Å². The molecule has 0 fully saturated rings. The van der Waals surface area contributed by atoms with E-state index in [9.17, 15) is 14.7 Å². The standard InChI is InChI=1S/C24H20N4O3/c29-13-21(23(30)26-15-10-9-14-12-25-28-20(14)11-15)27-24(31)22-18-7-3-1-5-16(18)17-6-2-4-8-19(17)22/h1-12,21-22,29H,13H2,(H,25,28)(H,26,30)(H,27,31)/t21-/m0/s1. The molecule has 7 nitrogen and oxygen atoms in total. The third kappa shape index (κ3) is 3.35. The van der Waals surface area contributed by atoms with Crippen molar-refractivity contribution in [3.63, 3.8) is 0 Å². The second kappa shape index (κ2) is 7.70. The Kier molecular flexibility index (Phi) is 4.72. The van der Waals surface area contributed by atoms with Gasteiger partial charge in [0.05, 0.1) is 24.2 Å². The highest BCUT2D eigenvalue weighted by Crippen LogP contribution is 2.44. The Morgan fingerprint density at radius 1 is 1.00 bits per heavy atom. The van der Waals surface area contributed by atoms with Crippen molar-refractivity contribution < 1.29 is 14.7 Å². The maximum Gasteiger partial charge on any atom is 0.249 e. The zero-order chi connectivity index (χ0) is 21.4. The molecule has 0 aliphatic heterocycles. The maximum absolute atomic E-state index is 13.2. The molecule has 0 unspecified atom stereocenters. The minimum absolute atomic E-state index is 0.323. The summed E-state index contributed by atoms with van der Waals surface area (Å²) in [4.78, 5) is 26.0. The topological polar surface area (TPSA) is 107 Å². The van der Waals surface area contributed by atoms with E-state index in [1.807, 2.05) is 54.6 Å². The lowest BCUT2D eigenvalue weighted by Crippen LogP contribution is -2.47. The Bertz CT molecular complexity index is 1250. The first-order valence-corrected chi connectivity index (χ1v) is 9.99. The van der Waals surface area contributed by atoms with Crippen LogP contribution in [0, 0.1) is 0 Å². The number of nitrogens with one attached hydrogen (secondary N) is 3. The van der Waals surface area contributed by atoms with Gasteiger partial charge in [-0.3, -0.25) is 14.7 Å². The maximum atomic E-state index is 13.2. The average Bonchev–Trinajstić information content (AvgIpc) is 3.39. The number of carbonyl (C=O) groups is 2. The number of aliphatic hydroxyl groups is 1. The second-order valence-corrected chi connectivity index (χ2v) is 7.51. The Balaban J connectivity index is 1.36. The van der Waals surface area contributed by atoms with Crippen molar-refractivity contribution in [3.05, 3.63) is 84.1 Å². The molecule has 0 saturated carbocycles. The molecule has 0 radical (unpaired) electrons. The summed E-state index contributed by atoms with van der Waals surface area (Å²) >= 11 is 0. The summed E-state index contributed by atoms with van der Waals surface area (Å²) < 4.78 is 0. The highest BCUT2D eigenvalue weighted by atomic mass is 16.3. The van der Waals surface area contributed by atoms with Gasteiger partial charge in [-0.2, -0.15) is 5.10 Å². The molecule has 0 saturated heterocycles. The van der Waals surface area contributed by atoms with E-state index in [0.29, 0.717) is 5.69 Å². The molecule has 1 aliphatic rings. The minimum atomic E-state index is -1.08. The Labute approximate surface area is 178 Å². The van der Waals surface area contributed by atoms with Crippen molar-refractivity contribution in [2.45, 2.75) is 12.0 Å². The van der Waals surface area contributed by atoms with Crippen LogP contribution in [0.2, 0.25) is 0 Å². The normalized spacial score (nSPS) is 13.5. The summed E-state index contributed by atoms with van der Waals surface area (Å²) in [5.41, 5.74) is 5.13. The van der Waals surface area contributed by atoms with Gasteiger partial charge in [-0.15, -0.1) is 0 Å². The fourth-order valence-electron chi connectivity index (χ4n) is 4.13. The number of benzene rings is 3. The van der Waals surface area contributed by atoms with Crippen LogP contribution in [0.15, 0.2) is 72.9 Å². The summed E-state index contributed by atoms with van der Waals surface area (Å²) in [6.45, 7) is -0.514. The van der Waals surface area contributed by atoms with Crippen molar-refractivity contribution in [3.8, 4) is 11.1 Å². The lowest BCUT2D eigenvalue weighted by molar-refractivity contribution is -0.127. The van der Waals surface area contributed by atoms with Gasteiger partial charge in [0.15, 0.2) is 0 Å². The van der Waals surface area contributed by atoms with Gasteiger partial charge >= 0.3 is 0 Å². The van der Waals surface area contributed by atoms with Gasteiger partial charge in [0.2, 0.25) is 11.8 Å². The van der Waals surface area contributed by atoms with Gasteiger partial charge in [0, 0.05) is 11.1 Å². The van der Waals surface area contributed by atoms with E-state index >= 15 is 0 Å². The van der Waals surface area contributed by atoms with Crippen LogP contribution in [0.1, 0.15) is 17.0 Å². The molecule has 0 bridgehead atoms. The van der Waals surface area contributed by atoms with Crippen molar-refractivity contribution in [2.75, 3.05) is 11.9 Å². The van der Waals surface area contributed by atoms with Gasteiger partial charge in [-0.1, -0.05) is 48.5 Å². The number of anilines is 1. The number of carbonyl (C=O) groups excluding carboxylic acids is 2. The number of amides is 2. The van der Waals surface area contributed by atoms with Gasteiger partial charge in [-0.25, -0.2) is 0 Å². The molecule has 1 heterocycles. The molecule has 1 aromatic heterocycles. The minimum Gasteiger partial charge on any atom is -0.394 e. The summed E-state index contributed by atoms with van der Waals surface area (Å²) in [6, 6.07) is 19.7. The fourth-order valence-corrected chi connectivity index (χ4v) is 4.13. The predicted octanol–water partition coefficient (Wildman–Crippen LogP) is 2.79. The van der Waals surface area contributed by atoms with Crippen molar-refractivity contribution in [2.24, 2.45) is 0 Å². The van der Waals surface area contributed by atoms with Gasteiger partial charge in [-0.05, 0) is 40.5 Å². The highest BCUT2D eigenvalue weighted by Gasteiger charge is 2.35. The van der Waals surface area contributed by atoms with E-state index in [-0.39, 0.29) is 5.91 Å². The first-order valence-electron chi connectivity index (χ1n) is 9.99. The molecule has 31 heavy (non-hydrogen) atoms. The number of H-pyrrole nitrogens is 1. The molecule has 4 aromatic rings. The van der Waals surface area contributed by atoms with Crippen LogP contribution >= 0.6 is 0 Å². The number of rotatable bonds is 5.